The highest BCUT2D eigenvalue weighted by Crippen LogP contribution is 2.24. The summed E-state index contributed by atoms with van der Waals surface area (Å²) in [6.07, 6.45) is 0. The van der Waals surface area contributed by atoms with Crippen LogP contribution in [-0.2, 0) is 0 Å². The van der Waals surface area contributed by atoms with Gasteiger partial charge >= 0.3 is 0 Å². The van der Waals surface area contributed by atoms with E-state index in [0.717, 1.165) is 11.3 Å². The largest absolute Gasteiger partial charge is 0.347 e. The topological polar surface area (TPSA) is 77.1 Å². The number of rotatable bonds is 4. The number of nitro benzene ring substituents is 1. The monoisotopic (exact) mass is 309 g/mol. The summed E-state index contributed by atoms with van der Waals surface area (Å²) < 4.78 is 1.75. The van der Waals surface area contributed by atoms with Crippen LogP contribution in [0.25, 0.3) is 17.1 Å². The molecule has 2 aromatic carbocycles. The predicted molar refractivity (Wildman–Crippen MR) is 87.8 cm³/mol. The van der Waals surface area contributed by atoms with Crippen LogP contribution in [0.5, 0.6) is 0 Å². The summed E-state index contributed by atoms with van der Waals surface area (Å²) in [6.45, 7) is 0. The molecule has 7 heteroatoms. The van der Waals surface area contributed by atoms with E-state index in [1.807, 2.05) is 49.3 Å². The molecule has 3 rings (SSSR count). The maximum atomic E-state index is 10.7. The maximum Gasteiger partial charge on any atom is 0.269 e. The zero-order valence-electron chi connectivity index (χ0n) is 12.7. The molecule has 0 spiro atoms. The molecule has 0 aliphatic rings. The Kier molecular flexibility index (Phi) is 3.76. The van der Waals surface area contributed by atoms with Gasteiger partial charge in [0.15, 0.2) is 5.82 Å². The first kappa shape index (κ1) is 14.7. The molecule has 0 saturated carbocycles. The minimum absolute atomic E-state index is 0.0454. The standard InChI is InChI=1S/C16H15N5O2/c1-19(2)16-17-15(12-8-10-14(11-9-12)21(22)23)18-20(16)13-6-4-3-5-7-13/h3-11H,1-2H3. The molecule has 0 N–H and O–H groups in total. The Morgan fingerprint density at radius 1 is 1.04 bits per heavy atom. The maximum absolute atomic E-state index is 10.7. The SMILES string of the molecule is CN(C)c1nc(-c2ccc([N+](=O)[O-])cc2)nn1-c1ccccc1. The van der Waals surface area contributed by atoms with Crippen molar-refractivity contribution < 1.29 is 4.92 Å². The Morgan fingerprint density at radius 3 is 2.26 bits per heavy atom. The first-order chi connectivity index (χ1) is 11.1. The normalized spacial score (nSPS) is 10.5. The number of nitro groups is 1. The summed E-state index contributed by atoms with van der Waals surface area (Å²) in [7, 11) is 3.78. The van der Waals surface area contributed by atoms with Crippen LogP contribution in [0.3, 0.4) is 0 Å². The zero-order valence-corrected chi connectivity index (χ0v) is 12.7. The fraction of sp³-hybridized carbons (Fsp3) is 0.125. The second-order valence-electron chi connectivity index (χ2n) is 5.18. The van der Waals surface area contributed by atoms with Gasteiger partial charge in [0.1, 0.15) is 0 Å². The minimum atomic E-state index is -0.426. The van der Waals surface area contributed by atoms with Gasteiger partial charge in [0, 0.05) is 31.8 Å². The minimum Gasteiger partial charge on any atom is -0.347 e. The number of hydrogen-bond acceptors (Lipinski definition) is 5. The second-order valence-corrected chi connectivity index (χ2v) is 5.18. The van der Waals surface area contributed by atoms with Gasteiger partial charge in [0.2, 0.25) is 5.95 Å². The van der Waals surface area contributed by atoms with Gasteiger partial charge in [0.25, 0.3) is 5.69 Å². The van der Waals surface area contributed by atoms with Crippen LogP contribution < -0.4 is 4.90 Å². The average molecular weight is 309 g/mol. The van der Waals surface area contributed by atoms with Gasteiger partial charge in [-0.1, -0.05) is 18.2 Å². The van der Waals surface area contributed by atoms with Crippen LogP contribution in [0.4, 0.5) is 11.6 Å². The first-order valence-corrected chi connectivity index (χ1v) is 7.01. The second kappa shape index (κ2) is 5.88. The molecule has 7 nitrogen and oxygen atoms in total. The van der Waals surface area contributed by atoms with E-state index in [9.17, 15) is 10.1 Å². The van der Waals surface area contributed by atoms with Crippen molar-refractivity contribution in [3.63, 3.8) is 0 Å². The summed E-state index contributed by atoms with van der Waals surface area (Å²) in [5, 5.41) is 15.3. The molecule has 116 valence electrons. The van der Waals surface area contributed by atoms with Gasteiger partial charge in [-0.15, -0.1) is 5.10 Å². The molecule has 0 aliphatic heterocycles. The Labute approximate surface area is 133 Å². The van der Waals surface area contributed by atoms with Crippen molar-refractivity contribution in [2.24, 2.45) is 0 Å². The highest BCUT2D eigenvalue weighted by molar-refractivity contribution is 5.59. The van der Waals surface area contributed by atoms with Crippen molar-refractivity contribution in [3.05, 3.63) is 64.7 Å². The molecular formula is C16H15N5O2. The van der Waals surface area contributed by atoms with Gasteiger partial charge in [-0.25, -0.2) is 0 Å². The van der Waals surface area contributed by atoms with Crippen LogP contribution >= 0.6 is 0 Å². The third-order valence-corrected chi connectivity index (χ3v) is 3.33. The van der Waals surface area contributed by atoms with Crippen molar-refractivity contribution in [3.8, 4) is 17.1 Å². The van der Waals surface area contributed by atoms with Crippen LogP contribution in [0.1, 0.15) is 0 Å². The van der Waals surface area contributed by atoms with Gasteiger partial charge < -0.3 is 4.90 Å². The number of nitrogens with zero attached hydrogens (tertiary/aromatic N) is 5. The highest BCUT2D eigenvalue weighted by Gasteiger charge is 2.15. The van der Waals surface area contributed by atoms with Crippen LogP contribution in [0.2, 0.25) is 0 Å². The Morgan fingerprint density at radius 2 is 1.70 bits per heavy atom. The number of non-ortho nitro benzene ring substituents is 1. The fourth-order valence-corrected chi connectivity index (χ4v) is 2.19. The summed E-state index contributed by atoms with van der Waals surface area (Å²) >= 11 is 0. The lowest BCUT2D eigenvalue weighted by atomic mass is 10.2. The quantitative estimate of drug-likeness (QED) is 0.547. The number of benzene rings is 2. The molecular weight excluding hydrogens is 294 g/mol. The molecule has 0 saturated heterocycles. The molecule has 0 unspecified atom stereocenters. The lowest BCUT2D eigenvalue weighted by Crippen LogP contribution is -2.15. The van der Waals surface area contributed by atoms with E-state index in [2.05, 4.69) is 10.1 Å². The summed E-state index contributed by atoms with van der Waals surface area (Å²) in [5.74, 6) is 1.21. The molecule has 0 aliphatic carbocycles. The number of para-hydroxylation sites is 1. The van der Waals surface area contributed by atoms with Crippen molar-refractivity contribution >= 4 is 11.6 Å². The third-order valence-electron chi connectivity index (χ3n) is 3.33. The molecule has 23 heavy (non-hydrogen) atoms. The van der Waals surface area contributed by atoms with Crippen molar-refractivity contribution in [1.29, 1.82) is 0 Å². The van der Waals surface area contributed by atoms with Crippen LogP contribution in [-0.4, -0.2) is 33.8 Å². The van der Waals surface area contributed by atoms with E-state index in [4.69, 9.17) is 0 Å². The van der Waals surface area contributed by atoms with Crippen molar-refractivity contribution in [1.82, 2.24) is 14.8 Å². The molecule has 1 aromatic heterocycles. The number of hydrogen-bond donors (Lipinski definition) is 0. The van der Waals surface area contributed by atoms with E-state index in [1.165, 1.54) is 12.1 Å². The molecule has 0 amide bonds. The van der Waals surface area contributed by atoms with Gasteiger partial charge in [-0.05, 0) is 24.3 Å². The summed E-state index contributed by atoms with van der Waals surface area (Å²) in [4.78, 5) is 16.7. The molecule has 0 bridgehead atoms. The lowest BCUT2D eigenvalue weighted by Gasteiger charge is -2.12. The van der Waals surface area contributed by atoms with Crippen LogP contribution in [0.15, 0.2) is 54.6 Å². The van der Waals surface area contributed by atoms with E-state index in [0.29, 0.717) is 11.8 Å². The molecule has 3 aromatic rings. The Hall–Kier alpha value is -3.22. The van der Waals surface area contributed by atoms with Crippen LogP contribution in [0, 0.1) is 10.1 Å². The molecule has 1 heterocycles. The third kappa shape index (κ3) is 2.89. The molecule has 0 radical (unpaired) electrons. The first-order valence-electron chi connectivity index (χ1n) is 7.01. The Bertz CT molecular complexity index is 825. The van der Waals surface area contributed by atoms with Gasteiger partial charge in [0.05, 0.1) is 10.6 Å². The van der Waals surface area contributed by atoms with Gasteiger partial charge in [-0.2, -0.15) is 9.67 Å². The fourth-order valence-electron chi connectivity index (χ4n) is 2.19. The molecule has 0 atom stereocenters. The summed E-state index contributed by atoms with van der Waals surface area (Å²) in [5.41, 5.74) is 1.68. The zero-order chi connectivity index (χ0) is 16.4. The Balaban J connectivity index is 2.06. The van der Waals surface area contributed by atoms with E-state index >= 15 is 0 Å². The van der Waals surface area contributed by atoms with E-state index in [-0.39, 0.29) is 5.69 Å². The predicted octanol–water partition coefficient (Wildman–Crippen LogP) is 2.91. The van der Waals surface area contributed by atoms with E-state index < -0.39 is 4.92 Å². The molecule has 0 fully saturated rings. The van der Waals surface area contributed by atoms with Crippen molar-refractivity contribution in [2.75, 3.05) is 19.0 Å². The smallest absolute Gasteiger partial charge is 0.269 e. The number of anilines is 1. The van der Waals surface area contributed by atoms with E-state index in [1.54, 1.807) is 16.8 Å². The number of aromatic nitrogens is 3. The average Bonchev–Trinajstić information content (AvgIpc) is 3.01. The highest BCUT2D eigenvalue weighted by atomic mass is 16.6. The van der Waals surface area contributed by atoms with Crippen molar-refractivity contribution in [2.45, 2.75) is 0 Å². The van der Waals surface area contributed by atoms with Gasteiger partial charge in [-0.3, -0.25) is 10.1 Å². The lowest BCUT2D eigenvalue weighted by molar-refractivity contribution is -0.384. The summed E-state index contributed by atoms with van der Waals surface area (Å²) in [6, 6.07) is 15.9.